The smallest absolute Gasteiger partial charge is 0.226 e. The quantitative estimate of drug-likeness (QED) is 0.251. The Morgan fingerprint density at radius 1 is 0.974 bits per heavy atom. The van der Waals surface area contributed by atoms with Gasteiger partial charge in [-0.3, -0.25) is 0 Å². The molecule has 4 atom stereocenters. The number of rotatable bonds is 8. The maximum atomic E-state index is 11.0. The van der Waals surface area contributed by atoms with Crippen LogP contribution in [-0.4, -0.2) is 68.7 Å². The number of aryl methyl sites for hydroxylation is 1. The van der Waals surface area contributed by atoms with E-state index >= 15 is 0 Å². The number of hydrogen-bond donors (Lipinski definition) is 3. The summed E-state index contributed by atoms with van der Waals surface area (Å²) in [5, 5.41) is 37.7. The number of imidazole rings is 1. The lowest BCUT2D eigenvalue weighted by Gasteiger charge is -2.20. The summed E-state index contributed by atoms with van der Waals surface area (Å²) < 4.78 is 1.74. The predicted octanol–water partition coefficient (Wildman–Crippen LogP) is 3.18. The molecule has 0 amide bonds. The fraction of sp³-hybridized carbons (Fsp3) is 0.333. The van der Waals surface area contributed by atoms with Crippen LogP contribution in [0.15, 0.2) is 67.0 Å². The van der Waals surface area contributed by atoms with Gasteiger partial charge in [-0.25, -0.2) is 4.98 Å². The Kier molecular flexibility index (Phi) is 6.94. The molecule has 1 aliphatic carbocycles. The van der Waals surface area contributed by atoms with Crippen LogP contribution in [0, 0.1) is 0 Å². The first-order valence-electron chi connectivity index (χ1n) is 12.9. The van der Waals surface area contributed by atoms with Crippen molar-refractivity contribution in [1.82, 2.24) is 39.7 Å². The van der Waals surface area contributed by atoms with E-state index in [0.717, 1.165) is 0 Å². The van der Waals surface area contributed by atoms with Crippen LogP contribution in [0.2, 0.25) is 5.28 Å². The Bertz CT molecular complexity index is 1520. The lowest BCUT2D eigenvalue weighted by molar-refractivity contribution is 0.00473. The van der Waals surface area contributed by atoms with E-state index in [2.05, 4.69) is 59.9 Å². The second-order valence-electron chi connectivity index (χ2n) is 9.65. The van der Waals surface area contributed by atoms with E-state index in [0.29, 0.717) is 42.2 Å². The number of aliphatic hydroxyl groups is 2. The third-order valence-corrected chi connectivity index (χ3v) is 7.50. The van der Waals surface area contributed by atoms with E-state index < -0.39 is 24.3 Å². The van der Waals surface area contributed by atoms with Gasteiger partial charge < -0.3 is 20.1 Å². The molecule has 11 nitrogen and oxygen atoms in total. The van der Waals surface area contributed by atoms with E-state index in [1.165, 1.54) is 15.9 Å². The van der Waals surface area contributed by atoms with Gasteiger partial charge in [0.1, 0.15) is 18.2 Å². The highest BCUT2D eigenvalue weighted by atomic mass is 35.5. The summed E-state index contributed by atoms with van der Waals surface area (Å²) >= 11 is 6.37. The fourth-order valence-corrected chi connectivity index (χ4v) is 5.45. The first-order valence-corrected chi connectivity index (χ1v) is 13.3. The number of halogens is 1. The molecule has 3 N–H and O–H groups in total. The second-order valence-corrected chi connectivity index (χ2v) is 9.99. The van der Waals surface area contributed by atoms with Crippen LogP contribution in [0.1, 0.15) is 48.3 Å². The van der Waals surface area contributed by atoms with E-state index in [9.17, 15) is 10.2 Å². The van der Waals surface area contributed by atoms with Crippen molar-refractivity contribution in [2.24, 2.45) is 0 Å². The predicted molar refractivity (Wildman–Crippen MR) is 145 cm³/mol. The third kappa shape index (κ3) is 4.84. The topological polar surface area (TPSA) is 140 Å². The van der Waals surface area contributed by atoms with Crippen molar-refractivity contribution in [2.45, 2.75) is 50.0 Å². The first-order chi connectivity index (χ1) is 19.0. The van der Waals surface area contributed by atoms with Gasteiger partial charge in [0, 0.05) is 18.9 Å². The van der Waals surface area contributed by atoms with Crippen molar-refractivity contribution in [3.8, 4) is 0 Å². The molecular weight excluding hydrogens is 518 g/mol. The third-order valence-electron chi connectivity index (χ3n) is 7.33. The Labute approximate surface area is 229 Å². The van der Waals surface area contributed by atoms with Crippen LogP contribution in [0.25, 0.3) is 11.2 Å². The number of fused-ring (bicyclic) bond motifs is 1. The summed E-state index contributed by atoms with van der Waals surface area (Å²) in [5.41, 5.74) is 3.32. The van der Waals surface area contributed by atoms with Crippen molar-refractivity contribution >= 4 is 28.6 Å². The second kappa shape index (κ2) is 10.7. The normalized spacial score (nSPS) is 21.2. The molecule has 0 saturated heterocycles. The highest BCUT2D eigenvalue weighted by Gasteiger charge is 2.45. The molecular formula is C27H28ClN9O2. The van der Waals surface area contributed by atoms with Crippen molar-refractivity contribution < 1.29 is 10.2 Å². The monoisotopic (exact) mass is 545 g/mol. The lowest BCUT2D eigenvalue weighted by atomic mass is 9.91. The molecule has 5 aromatic rings. The fourth-order valence-electron chi connectivity index (χ4n) is 5.28. The molecule has 0 unspecified atom stereocenters. The van der Waals surface area contributed by atoms with Crippen LogP contribution in [0.4, 0.5) is 5.82 Å². The Balaban J connectivity index is 1.30. The zero-order valence-corrected chi connectivity index (χ0v) is 22.0. The molecule has 12 heteroatoms. The molecule has 6 rings (SSSR count). The number of aliphatic hydroxyl groups excluding tert-OH is 2. The number of benzene rings is 2. The summed E-state index contributed by atoms with van der Waals surface area (Å²) in [5.74, 6) is 1.14. The number of nitrogens with zero attached hydrogens (tertiary/aromatic N) is 8. The largest absolute Gasteiger partial charge is 0.388 e. The van der Waals surface area contributed by atoms with Crippen LogP contribution >= 0.6 is 11.6 Å². The average Bonchev–Trinajstić information content (AvgIpc) is 3.68. The summed E-state index contributed by atoms with van der Waals surface area (Å²) in [7, 11) is 0. The lowest BCUT2D eigenvalue weighted by Crippen LogP contribution is -2.31. The highest BCUT2D eigenvalue weighted by molar-refractivity contribution is 6.28. The summed E-state index contributed by atoms with van der Waals surface area (Å²) in [6, 6.07) is 19.5. The number of anilines is 1. The molecule has 3 aromatic heterocycles. The molecule has 39 heavy (non-hydrogen) atoms. The molecule has 0 radical (unpaired) electrons. The van der Waals surface area contributed by atoms with Gasteiger partial charge in [0.25, 0.3) is 0 Å². The summed E-state index contributed by atoms with van der Waals surface area (Å²) in [6.07, 6.45) is 0.415. The molecule has 1 fully saturated rings. The van der Waals surface area contributed by atoms with Crippen molar-refractivity contribution in [1.29, 1.82) is 0 Å². The molecule has 200 valence electrons. The maximum Gasteiger partial charge on any atom is 0.226 e. The van der Waals surface area contributed by atoms with E-state index in [1.54, 1.807) is 10.9 Å². The Morgan fingerprint density at radius 2 is 1.64 bits per heavy atom. The van der Waals surface area contributed by atoms with E-state index in [1.807, 2.05) is 43.3 Å². The van der Waals surface area contributed by atoms with Gasteiger partial charge in [-0.2, -0.15) is 14.8 Å². The van der Waals surface area contributed by atoms with Crippen LogP contribution in [0.5, 0.6) is 0 Å². The van der Waals surface area contributed by atoms with Crippen LogP contribution in [-0.2, 0) is 6.42 Å². The SMILES string of the molecule is CCc1nnn([C@H]2C[C@H](n3cnc4c(NCC(c5ccccc5)c5ccccc5)nc(Cl)nc43)[C@H](O)[C@H]2O)n1. The van der Waals surface area contributed by atoms with Gasteiger partial charge >= 0.3 is 0 Å². The molecule has 1 saturated carbocycles. The average molecular weight is 546 g/mol. The minimum atomic E-state index is -1.09. The number of tetrazole rings is 1. The van der Waals surface area contributed by atoms with Gasteiger partial charge in [0.15, 0.2) is 22.8 Å². The maximum absolute atomic E-state index is 11.0. The molecule has 0 spiro atoms. The van der Waals surface area contributed by atoms with Crippen molar-refractivity contribution in [2.75, 3.05) is 11.9 Å². The minimum absolute atomic E-state index is 0.0536. The summed E-state index contributed by atoms with van der Waals surface area (Å²) in [4.78, 5) is 14.8. The molecule has 0 aliphatic heterocycles. The van der Waals surface area contributed by atoms with Crippen molar-refractivity contribution in [3.05, 3.63) is 89.2 Å². The first kappa shape index (κ1) is 25.4. The zero-order chi connectivity index (χ0) is 26.9. The van der Waals surface area contributed by atoms with Gasteiger partial charge in [-0.1, -0.05) is 67.6 Å². The molecule has 3 heterocycles. The van der Waals surface area contributed by atoms with Gasteiger partial charge in [0.2, 0.25) is 5.28 Å². The molecule has 0 bridgehead atoms. The van der Waals surface area contributed by atoms with Crippen LogP contribution < -0.4 is 5.32 Å². The molecule has 1 aliphatic rings. The van der Waals surface area contributed by atoms with Gasteiger partial charge in [0.05, 0.1) is 12.4 Å². The number of aromatic nitrogens is 8. The number of nitrogens with one attached hydrogen (secondary N) is 1. The molecule has 2 aromatic carbocycles. The minimum Gasteiger partial charge on any atom is -0.388 e. The standard InChI is InChI=1S/C27H28ClN9O2/c1-2-21-33-35-37(34-21)20-13-19(23(38)24(20)39)36-15-30-22-25(31-27(28)32-26(22)36)29-14-18(16-9-5-3-6-10-16)17-11-7-4-8-12-17/h3-12,15,18-20,23-24,38-39H,2,13-14H2,1H3,(H,29,31,32)/t19-,20-,23-,24-/m0/s1. The van der Waals surface area contributed by atoms with E-state index in [4.69, 9.17) is 11.6 Å². The Morgan fingerprint density at radius 3 is 2.28 bits per heavy atom. The zero-order valence-electron chi connectivity index (χ0n) is 21.2. The van der Waals surface area contributed by atoms with Gasteiger partial charge in [-0.05, 0) is 34.4 Å². The van der Waals surface area contributed by atoms with E-state index in [-0.39, 0.29) is 11.2 Å². The highest BCUT2D eigenvalue weighted by Crippen LogP contribution is 2.39. The number of hydrogen-bond acceptors (Lipinski definition) is 9. The van der Waals surface area contributed by atoms with Crippen molar-refractivity contribution in [3.63, 3.8) is 0 Å². The van der Waals surface area contributed by atoms with Gasteiger partial charge in [-0.15, -0.1) is 10.2 Å². The summed E-state index contributed by atoms with van der Waals surface area (Å²) in [6.45, 7) is 2.48. The van der Waals surface area contributed by atoms with Crippen LogP contribution in [0.3, 0.4) is 0 Å². The Hall–Kier alpha value is -3.93.